The number of aromatic nitrogens is 2. The first kappa shape index (κ1) is 14.8. The molecule has 1 fully saturated rings. The highest BCUT2D eigenvalue weighted by Crippen LogP contribution is 2.33. The fourth-order valence-electron chi connectivity index (χ4n) is 1.92. The number of nitrogens with one attached hydrogen (secondary N) is 1. The molecule has 0 aliphatic heterocycles. The van der Waals surface area contributed by atoms with E-state index in [1.165, 1.54) is 48.7 Å². The molecule has 3 rings (SSSR count). The fraction of sp³-hybridized carbons (Fsp3) is 0.357. The lowest BCUT2D eigenvalue weighted by molar-refractivity contribution is -0.0495. The Morgan fingerprint density at radius 2 is 2.27 bits per heavy atom. The number of carbonyl (C=O) groups is 1. The zero-order chi connectivity index (χ0) is 15.5. The van der Waals surface area contributed by atoms with Crippen LogP contribution in [-0.4, -0.2) is 22.5 Å². The van der Waals surface area contributed by atoms with Gasteiger partial charge in [0.15, 0.2) is 11.6 Å². The van der Waals surface area contributed by atoms with E-state index in [1.807, 2.05) is 0 Å². The van der Waals surface area contributed by atoms with Gasteiger partial charge in [-0.25, -0.2) is 9.97 Å². The van der Waals surface area contributed by atoms with Gasteiger partial charge in [-0.05, 0) is 30.9 Å². The highest BCUT2D eigenvalue weighted by atomic mass is 32.1. The lowest BCUT2D eigenvalue weighted by Crippen LogP contribution is -2.13. The van der Waals surface area contributed by atoms with E-state index < -0.39 is 12.5 Å². The normalized spacial score (nSPS) is 14.1. The third-order valence-corrected chi connectivity index (χ3v) is 4.17. The number of ether oxygens (including phenoxy) is 1. The summed E-state index contributed by atoms with van der Waals surface area (Å²) in [7, 11) is 0. The molecule has 116 valence electrons. The molecular formula is C14H13F2N3O2S. The number of rotatable bonds is 6. The SMILES string of the molecule is O=C(Nc1ncccc1OC(F)F)c1cnc(CC2CC2)s1. The average Bonchev–Trinajstić information content (AvgIpc) is 3.15. The van der Waals surface area contributed by atoms with Gasteiger partial charge in [-0.2, -0.15) is 8.78 Å². The first-order chi connectivity index (χ1) is 10.6. The quantitative estimate of drug-likeness (QED) is 0.884. The summed E-state index contributed by atoms with van der Waals surface area (Å²) in [6.45, 7) is -2.98. The molecule has 0 spiro atoms. The molecule has 0 radical (unpaired) electrons. The Hall–Kier alpha value is -2.09. The van der Waals surface area contributed by atoms with Crippen LogP contribution in [-0.2, 0) is 6.42 Å². The van der Waals surface area contributed by atoms with E-state index >= 15 is 0 Å². The summed E-state index contributed by atoms with van der Waals surface area (Å²) in [5, 5.41) is 3.39. The molecule has 2 heterocycles. The van der Waals surface area contributed by atoms with Crippen molar-refractivity contribution in [3.63, 3.8) is 0 Å². The van der Waals surface area contributed by atoms with Crippen LogP contribution in [0.5, 0.6) is 5.75 Å². The van der Waals surface area contributed by atoms with Crippen molar-refractivity contribution in [2.24, 2.45) is 5.92 Å². The van der Waals surface area contributed by atoms with E-state index in [1.54, 1.807) is 0 Å². The number of halogens is 2. The lowest BCUT2D eigenvalue weighted by atomic mass is 10.3. The second-order valence-corrected chi connectivity index (χ2v) is 6.06. The van der Waals surface area contributed by atoms with Crippen molar-refractivity contribution in [3.8, 4) is 5.75 Å². The molecule has 22 heavy (non-hydrogen) atoms. The molecular weight excluding hydrogens is 312 g/mol. The first-order valence-electron chi connectivity index (χ1n) is 6.77. The number of thiazole rings is 1. The molecule has 5 nitrogen and oxygen atoms in total. The maximum Gasteiger partial charge on any atom is 0.387 e. The highest BCUT2D eigenvalue weighted by Gasteiger charge is 2.24. The van der Waals surface area contributed by atoms with Gasteiger partial charge in [0.25, 0.3) is 5.91 Å². The molecule has 0 atom stereocenters. The molecule has 0 bridgehead atoms. The molecule has 0 saturated heterocycles. The maximum absolute atomic E-state index is 12.3. The molecule has 2 aromatic rings. The monoisotopic (exact) mass is 325 g/mol. The smallest absolute Gasteiger partial charge is 0.387 e. The van der Waals surface area contributed by atoms with E-state index in [4.69, 9.17) is 0 Å². The topological polar surface area (TPSA) is 64.1 Å². The molecule has 2 aromatic heterocycles. The van der Waals surface area contributed by atoms with Crippen LogP contribution in [0.4, 0.5) is 14.6 Å². The molecule has 1 N–H and O–H groups in total. The van der Waals surface area contributed by atoms with Crippen LogP contribution in [0.1, 0.15) is 27.5 Å². The van der Waals surface area contributed by atoms with Crippen LogP contribution < -0.4 is 10.1 Å². The summed E-state index contributed by atoms with van der Waals surface area (Å²) in [6, 6.07) is 2.77. The van der Waals surface area contributed by atoms with E-state index in [-0.39, 0.29) is 11.6 Å². The third-order valence-electron chi connectivity index (χ3n) is 3.16. The number of hydrogen-bond acceptors (Lipinski definition) is 5. The summed E-state index contributed by atoms with van der Waals surface area (Å²) >= 11 is 1.31. The molecule has 1 aliphatic rings. The Kier molecular flexibility index (Phi) is 4.28. The zero-order valence-corrected chi connectivity index (χ0v) is 12.3. The zero-order valence-electron chi connectivity index (χ0n) is 11.5. The van der Waals surface area contributed by atoms with E-state index in [9.17, 15) is 13.6 Å². The minimum Gasteiger partial charge on any atom is -0.431 e. The van der Waals surface area contributed by atoms with Crippen molar-refractivity contribution < 1.29 is 18.3 Å². The van der Waals surface area contributed by atoms with Crippen molar-refractivity contribution in [1.82, 2.24) is 9.97 Å². The van der Waals surface area contributed by atoms with Gasteiger partial charge in [0.05, 0.1) is 11.2 Å². The maximum atomic E-state index is 12.3. The summed E-state index contributed by atoms with van der Waals surface area (Å²) < 4.78 is 29.0. The fourth-order valence-corrected chi connectivity index (χ4v) is 2.85. The van der Waals surface area contributed by atoms with Crippen molar-refractivity contribution in [2.45, 2.75) is 25.9 Å². The van der Waals surface area contributed by atoms with Crippen LogP contribution in [0, 0.1) is 5.92 Å². The largest absolute Gasteiger partial charge is 0.431 e. The Morgan fingerprint density at radius 3 is 3.00 bits per heavy atom. The number of anilines is 1. The van der Waals surface area contributed by atoms with E-state index in [0.29, 0.717) is 10.8 Å². The van der Waals surface area contributed by atoms with Gasteiger partial charge in [0.1, 0.15) is 4.88 Å². The Labute approximate surface area is 129 Å². The second kappa shape index (κ2) is 6.35. The van der Waals surface area contributed by atoms with Gasteiger partial charge in [-0.15, -0.1) is 11.3 Å². The Balaban J connectivity index is 1.69. The Morgan fingerprint density at radius 1 is 1.45 bits per heavy atom. The van der Waals surface area contributed by atoms with Crippen molar-refractivity contribution in [2.75, 3.05) is 5.32 Å². The van der Waals surface area contributed by atoms with Gasteiger partial charge in [-0.3, -0.25) is 4.79 Å². The third kappa shape index (κ3) is 3.76. The minimum atomic E-state index is -2.98. The van der Waals surface area contributed by atoms with Crippen LogP contribution in [0.15, 0.2) is 24.5 Å². The predicted molar refractivity (Wildman–Crippen MR) is 77.4 cm³/mol. The van der Waals surface area contributed by atoms with Crippen molar-refractivity contribution in [1.29, 1.82) is 0 Å². The molecule has 1 amide bonds. The van der Waals surface area contributed by atoms with Gasteiger partial charge >= 0.3 is 6.61 Å². The summed E-state index contributed by atoms with van der Waals surface area (Å²) in [5.74, 6) is 0.0415. The molecule has 0 aromatic carbocycles. The lowest BCUT2D eigenvalue weighted by Gasteiger charge is -2.09. The van der Waals surface area contributed by atoms with Crippen molar-refractivity contribution in [3.05, 3.63) is 34.4 Å². The van der Waals surface area contributed by atoms with Crippen LogP contribution in [0.2, 0.25) is 0 Å². The first-order valence-corrected chi connectivity index (χ1v) is 7.59. The van der Waals surface area contributed by atoms with E-state index in [0.717, 1.165) is 11.4 Å². The summed E-state index contributed by atoms with van der Waals surface area (Å²) in [6.07, 6.45) is 6.20. The number of pyridine rings is 1. The van der Waals surface area contributed by atoms with Gasteiger partial charge in [0.2, 0.25) is 0 Å². The number of alkyl halides is 2. The Bertz CT molecular complexity index is 674. The number of amides is 1. The second-order valence-electron chi connectivity index (χ2n) is 4.95. The number of nitrogens with zero attached hydrogens (tertiary/aromatic N) is 2. The van der Waals surface area contributed by atoms with Crippen LogP contribution >= 0.6 is 11.3 Å². The molecule has 8 heteroatoms. The summed E-state index contributed by atoms with van der Waals surface area (Å²) in [5.41, 5.74) is 0. The standard InChI is InChI=1S/C14H13F2N3O2S/c15-14(16)21-9-2-1-5-17-12(9)19-13(20)10-7-18-11(22-10)6-8-3-4-8/h1-2,5,7-8,14H,3-4,6H2,(H,17,19,20). The van der Waals surface area contributed by atoms with Crippen molar-refractivity contribution >= 4 is 23.1 Å². The number of hydrogen-bond donors (Lipinski definition) is 1. The van der Waals surface area contributed by atoms with Gasteiger partial charge < -0.3 is 10.1 Å². The summed E-state index contributed by atoms with van der Waals surface area (Å²) in [4.78, 5) is 20.6. The highest BCUT2D eigenvalue weighted by molar-refractivity contribution is 7.13. The predicted octanol–water partition coefficient (Wildman–Crippen LogP) is 3.34. The average molecular weight is 325 g/mol. The van der Waals surface area contributed by atoms with E-state index in [2.05, 4.69) is 20.0 Å². The molecule has 1 saturated carbocycles. The van der Waals surface area contributed by atoms with Crippen LogP contribution in [0.25, 0.3) is 0 Å². The molecule has 0 unspecified atom stereocenters. The van der Waals surface area contributed by atoms with Gasteiger partial charge in [-0.1, -0.05) is 0 Å². The number of carbonyl (C=O) groups excluding carboxylic acids is 1. The minimum absolute atomic E-state index is 0.0371. The van der Waals surface area contributed by atoms with Crippen LogP contribution in [0.3, 0.4) is 0 Å². The molecule has 1 aliphatic carbocycles. The van der Waals surface area contributed by atoms with Gasteiger partial charge in [0, 0.05) is 12.6 Å².